The third-order valence-electron chi connectivity index (χ3n) is 6.23. The van der Waals surface area contributed by atoms with E-state index in [0.717, 1.165) is 48.8 Å². The maximum atomic E-state index is 14.3. The summed E-state index contributed by atoms with van der Waals surface area (Å²) < 4.78 is 42.8. The van der Waals surface area contributed by atoms with E-state index < -0.39 is 26.8 Å². The largest absolute Gasteiger partial charge is 0.371 e. The van der Waals surface area contributed by atoms with Crippen LogP contribution in [0.2, 0.25) is 0 Å². The molecule has 1 atom stereocenters. The number of nitrogens with one attached hydrogen (secondary N) is 1. The molecule has 35 heavy (non-hydrogen) atoms. The van der Waals surface area contributed by atoms with Gasteiger partial charge < -0.3 is 9.80 Å². The van der Waals surface area contributed by atoms with Gasteiger partial charge in [0.1, 0.15) is 16.8 Å². The Bertz CT molecular complexity index is 1260. The molecule has 0 spiro atoms. The number of para-hydroxylation sites is 1. The molecule has 1 heterocycles. The molecular weight excluding hydrogens is 465 g/mol. The van der Waals surface area contributed by atoms with Crippen molar-refractivity contribution in [1.82, 2.24) is 9.62 Å². The molecule has 1 N–H and O–H groups in total. The molecule has 1 saturated heterocycles. The zero-order chi connectivity index (χ0) is 24.8. The molecule has 6 nitrogen and oxygen atoms in total. The van der Waals surface area contributed by atoms with Gasteiger partial charge in [-0.25, -0.2) is 12.8 Å². The first kappa shape index (κ1) is 24.9. The normalized spacial score (nSPS) is 14.6. The zero-order valence-corrected chi connectivity index (χ0v) is 20.5. The fourth-order valence-corrected chi connectivity index (χ4v) is 5.72. The second-order valence-corrected chi connectivity index (χ2v) is 10.5. The van der Waals surface area contributed by atoms with Crippen LogP contribution in [0, 0.1) is 5.82 Å². The van der Waals surface area contributed by atoms with Crippen molar-refractivity contribution in [3.05, 3.63) is 95.8 Å². The Morgan fingerprint density at radius 2 is 1.60 bits per heavy atom. The van der Waals surface area contributed by atoms with Crippen molar-refractivity contribution in [3.8, 4) is 0 Å². The summed E-state index contributed by atoms with van der Waals surface area (Å²) in [6.45, 7) is 2.29. The first-order valence-electron chi connectivity index (χ1n) is 11.7. The number of nitrogens with zero attached hydrogens (tertiary/aromatic N) is 2. The molecule has 0 aliphatic carbocycles. The van der Waals surface area contributed by atoms with E-state index in [4.69, 9.17) is 0 Å². The Hall–Kier alpha value is -3.23. The molecule has 3 aromatic rings. The summed E-state index contributed by atoms with van der Waals surface area (Å²) in [7, 11) is -2.60. The molecule has 184 valence electrons. The smallest absolute Gasteiger partial charge is 0.244 e. The Balaban J connectivity index is 1.58. The van der Waals surface area contributed by atoms with Gasteiger partial charge in [-0.3, -0.25) is 4.79 Å². The van der Waals surface area contributed by atoms with Gasteiger partial charge >= 0.3 is 0 Å². The third-order valence-corrected chi connectivity index (χ3v) is 7.73. The second kappa shape index (κ2) is 11.0. The Labute approximate surface area is 206 Å². The van der Waals surface area contributed by atoms with Crippen molar-refractivity contribution in [2.24, 2.45) is 0 Å². The van der Waals surface area contributed by atoms with Crippen LogP contribution in [0.25, 0.3) is 0 Å². The molecule has 4 rings (SSSR count). The molecular formula is C27H30FN3O3S. The molecule has 0 radical (unpaired) electrons. The number of rotatable bonds is 9. The standard InChI is InChI=1S/C27H30FN3O3S/c1-30(20-22-13-5-7-15-25(22)31-17-9-10-18-31)27(32)24(19-21-11-3-2-4-12-21)29-35(33,34)26-16-8-6-14-23(26)28/h2-8,11-16,24,29H,9-10,17-20H2,1H3. The number of sulfonamides is 1. The van der Waals surface area contributed by atoms with Crippen LogP contribution in [0.5, 0.6) is 0 Å². The summed E-state index contributed by atoms with van der Waals surface area (Å²) in [5.41, 5.74) is 2.89. The lowest BCUT2D eigenvalue weighted by Crippen LogP contribution is -2.48. The van der Waals surface area contributed by atoms with Gasteiger partial charge in [0.05, 0.1) is 0 Å². The number of amides is 1. The highest BCUT2D eigenvalue weighted by Crippen LogP contribution is 2.26. The van der Waals surface area contributed by atoms with Crippen molar-refractivity contribution < 1.29 is 17.6 Å². The number of carbonyl (C=O) groups excluding carboxylic acids is 1. The molecule has 8 heteroatoms. The van der Waals surface area contributed by atoms with Gasteiger partial charge in [0, 0.05) is 32.4 Å². The monoisotopic (exact) mass is 495 g/mol. The van der Waals surface area contributed by atoms with Gasteiger partial charge in [-0.2, -0.15) is 4.72 Å². The van der Waals surface area contributed by atoms with Crippen molar-refractivity contribution in [2.75, 3.05) is 25.0 Å². The Morgan fingerprint density at radius 3 is 2.31 bits per heavy atom. The van der Waals surface area contributed by atoms with E-state index in [1.54, 1.807) is 7.05 Å². The minimum absolute atomic E-state index is 0.144. The highest BCUT2D eigenvalue weighted by atomic mass is 32.2. The van der Waals surface area contributed by atoms with Gasteiger partial charge in [-0.15, -0.1) is 0 Å². The Kier molecular flexibility index (Phi) is 7.83. The fraction of sp³-hybridized carbons (Fsp3) is 0.296. The highest BCUT2D eigenvalue weighted by molar-refractivity contribution is 7.89. The maximum Gasteiger partial charge on any atom is 0.244 e. The van der Waals surface area contributed by atoms with Crippen LogP contribution in [0.4, 0.5) is 10.1 Å². The summed E-state index contributed by atoms with van der Waals surface area (Å²) in [6, 6.07) is 21.2. The molecule has 0 aromatic heterocycles. The summed E-state index contributed by atoms with van der Waals surface area (Å²) in [5, 5.41) is 0. The van der Waals surface area contributed by atoms with Crippen molar-refractivity contribution in [2.45, 2.75) is 36.7 Å². The number of benzene rings is 3. The van der Waals surface area contributed by atoms with Gasteiger partial charge in [0.15, 0.2) is 0 Å². The van der Waals surface area contributed by atoms with Gasteiger partial charge in [-0.05, 0) is 48.6 Å². The summed E-state index contributed by atoms with van der Waals surface area (Å²) in [6.07, 6.45) is 2.42. The number of carbonyl (C=O) groups is 1. The Morgan fingerprint density at radius 1 is 0.971 bits per heavy atom. The van der Waals surface area contributed by atoms with Gasteiger partial charge in [-0.1, -0.05) is 60.7 Å². The second-order valence-electron chi connectivity index (χ2n) is 8.81. The molecule has 0 bridgehead atoms. The van der Waals surface area contributed by atoms with Crippen molar-refractivity contribution in [1.29, 1.82) is 0 Å². The average molecular weight is 496 g/mol. The van der Waals surface area contributed by atoms with E-state index in [-0.39, 0.29) is 12.3 Å². The van der Waals surface area contributed by atoms with E-state index in [2.05, 4.69) is 15.7 Å². The average Bonchev–Trinajstić information content (AvgIpc) is 3.39. The van der Waals surface area contributed by atoms with Crippen LogP contribution in [0.1, 0.15) is 24.0 Å². The zero-order valence-electron chi connectivity index (χ0n) is 19.7. The maximum absolute atomic E-state index is 14.3. The predicted molar refractivity (Wildman–Crippen MR) is 135 cm³/mol. The molecule has 1 unspecified atom stereocenters. The van der Waals surface area contributed by atoms with Crippen LogP contribution in [-0.2, 0) is 27.8 Å². The van der Waals surface area contributed by atoms with Crippen LogP contribution in [0.3, 0.4) is 0 Å². The summed E-state index contributed by atoms with van der Waals surface area (Å²) >= 11 is 0. The minimum atomic E-state index is -4.26. The number of hydrogen-bond acceptors (Lipinski definition) is 4. The summed E-state index contributed by atoms with van der Waals surface area (Å²) in [5.74, 6) is -1.25. The first-order valence-corrected chi connectivity index (χ1v) is 13.2. The van der Waals surface area contributed by atoms with Crippen LogP contribution < -0.4 is 9.62 Å². The molecule has 3 aromatic carbocycles. The molecule has 1 aliphatic rings. The van der Waals surface area contributed by atoms with E-state index in [9.17, 15) is 17.6 Å². The SMILES string of the molecule is CN(Cc1ccccc1N1CCCC1)C(=O)C(Cc1ccccc1)NS(=O)(=O)c1ccccc1F. The lowest BCUT2D eigenvalue weighted by Gasteiger charge is -2.27. The molecule has 1 fully saturated rings. The number of likely N-dealkylation sites (N-methyl/N-ethyl adjacent to an activating group) is 1. The quantitative estimate of drug-likeness (QED) is 0.488. The van der Waals surface area contributed by atoms with Crippen LogP contribution in [-0.4, -0.2) is 45.4 Å². The molecule has 0 saturated carbocycles. The van der Waals surface area contributed by atoms with E-state index in [0.29, 0.717) is 6.54 Å². The number of halogens is 1. The fourth-order valence-electron chi connectivity index (χ4n) is 4.45. The number of hydrogen-bond donors (Lipinski definition) is 1. The van der Waals surface area contributed by atoms with Gasteiger partial charge in [0.2, 0.25) is 15.9 Å². The summed E-state index contributed by atoms with van der Waals surface area (Å²) in [4.78, 5) is 16.9. The van der Waals surface area contributed by atoms with E-state index in [1.807, 2.05) is 48.5 Å². The third kappa shape index (κ3) is 6.07. The van der Waals surface area contributed by atoms with Crippen LogP contribution >= 0.6 is 0 Å². The molecule has 1 amide bonds. The first-order chi connectivity index (χ1) is 16.8. The van der Waals surface area contributed by atoms with Crippen LogP contribution in [0.15, 0.2) is 83.8 Å². The van der Waals surface area contributed by atoms with Crippen molar-refractivity contribution >= 4 is 21.6 Å². The highest BCUT2D eigenvalue weighted by Gasteiger charge is 2.30. The lowest BCUT2D eigenvalue weighted by atomic mass is 10.1. The van der Waals surface area contributed by atoms with Crippen molar-refractivity contribution in [3.63, 3.8) is 0 Å². The van der Waals surface area contributed by atoms with Gasteiger partial charge in [0.25, 0.3) is 0 Å². The number of anilines is 1. The molecule has 1 aliphatic heterocycles. The minimum Gasteiger partial charge on any atom is -0.371 e. The lowest BCUT2D eigenvalue weighted by molar-refractivity contribution is -0.132. The predicted octanol–water partition coefficient (Wildman–Crippen LogP) is 3.97. The topological polar surface area (TPSA) is 69.7 Å². The van der Waals surface area contributed by atoms with E-state index >= 15 is 0 Å². The van der Waals surface area contributed by atoms with E-state index in [1.165, 1.54) is 23.1 Å².